The predicted molar refractivity (Wildman–Crippen MR) is 90.3 cm³/mol. The first-order chi connectivity index (χ1) is 10.2. The molecule has 0 aliphatic heterocycles. The Morgan fingerprint density at radius 1 is 1.57 bits per heavy atom. The van der Waals surface area contributed by atoms with E-state index in [2.05, 4.69) is 45.5 Å². The fourth-order valence-corrected chi connectivity index (χ4v) is 2.78. The van der Waals surface area contributed by atoms with Crippen LogP contribution in [0.3, 0.4) is 0 Å². The van der Waals surface area contributed by atoms with Crippen molar-refractivity contribution in [2.45, 2.75) is 6.10 Å². The van der Waals surface area contributed by atoms with E-state index in [1.807, 2.05) is 18.2 Å². The van der Waals surface area contributed by atoms with Crippen LogP contribution in [-0.4, -0.2) is 35.9 Å². The number of aliphatic hydroxyl groups is 1. The molecule has 2 aromatic rings. The summed E-state index contributed by atoms with van der Waals surface area (Å²) in [4.78, 5) is 3.05. The molecule has 3 N–H and O–H groups in total. The van der Waals surface area contributed by atoms with Crippen LogP contribution in [0.5, 0.6) is 5.75 Å². The topological polar surface area (TPSA) is 81.1 Å². The number of benzene rings is 1. The summed E-state index contributed by atoms with van der Waals surface area (Å²) in [5.74, 6) is 0.664. The zero-order chi connectivity index (χ0) is 15.2. The molecule has 21 heavy (non-hydrogen) atoms. The fraction of sp³-hybridized carbons (Fsp3) is 0.267. The van der Waals surface area contributed by atoms with Crippen LogP contribution in [0.4, 0.5) is 0 Å². The van der Waals surface area contributed by atoms with E-state index in [0.717, 1.165) is 14.5 Å². The largest absolute Gasteiger partial charge is 0.490 e. The van der Waals surface area contributed by atoms with Gasteiger partial charge in [0.25, 0.3) is 0 Å². The maximum atomic E-state index is 9.85. The van der Waals surface area contributed by atoms with Crippen molar-refractivity contribution in [2.24, 2.45) is 0 Å². The number of nitriles is 1. The van der Waals surface area contributed by atoms with Gasteiger partial charge in [-0.1, -0.05) is 12.1 Å². The Hall–Kier alpha value is -1.56. The van der Waals surface area contributed by atoms with Crippen molar-refractivity contribution >= 4 is 33.5 Å². The van der Waals surface area contributed by atoms with Gasteiger partial charge in [-0.15, -0.1) is 6.58 Å². The zero-order valence-electron chi connectivity index (χ0n) is 11.4. The van der Waals surface area contributed by atoms with Gasteiger partial charge in [0, 0.05) is 13.1 Å². The highest BCUT2D eigenvalue weighted by Gasteiger charge is 2.14. The summed E-state index contributed by atoms with van der Waals surface area (Å²) < 4.78 is 6.53. The van der Waals surface area contributed by atoms with Gasteiger partial charge in [-0.05, 0) is 34.7 Å². The Labute approximate surface area is 136 Å². The highest BCUT2D eigenvalue weighted by atomic mass is 127. The Kier molecular flexibility index (Phi) is 5.61. The number of hydrogen-bond acceptors (Lipinski definition) is 4. The molecule has 1 aromatic carbocycles. The molecule has 1 heterocycles. The lowest BCUT2D eigenvalue weighted by Crippen LogP contribution is -2.31. The second-order valence-corrected chi connectivity index (χ2v) is 5.59. The van der Waals surface area contributed by atoms with Crippen LogP contribution >= 0.6 is 22.6 Å². The van der Waals surface area contributed by atoms with Crippen molar-refractivity contribution in [2.75, 3.05) is 19.7 Å². The molecule has 0 radical (unpaired) electrons. The van der Waals surface area contributed by atoms with Crippen molar-refractivity contribution < 1.29 is 9.84 Å². The Bertz CT molecular complexity index is 675. The number of H-pyrrole nitrogens is 1. The average molecular weight is 397 g/mol. The number of fused-ring (bicyclic) bond motifs is 1. The van der Waals surface area contributed by atoms with Crippen LogP contribution in [0, 0.1) is 14.9 Å². The quantitative estimate of drug-likeness (QED) is 0.380. The highest BCUT2D eigenvalue weighted by Crippen LogP contribution is 2.32. The van der Waals surface area contributed by atoms with Crippen molar-refractivity contribution in [3.8, 4) is 11.8 Å². The zero-order valence-corrected chi connectivity index (χ0v) is 13.6. The normalized spacial score (nSPS) is 12.0. The van der Waals surface area contributed by atoms with E-state index in [9.17, 15) is 5.11 Å². The second-order valence-electron chi connectivity index (χ2n) is 4.52. The number of aliphatic hydroxyl groups excluding tert-OH is 1. The Morgan fingerprint density at radius 3 is 3.10 bits per heavy atom. The maximum absolute atomic E-state index is 9.85. The molecular formula is C15H16IN3O2. The molecule has 1 unspecified atom stereocenters. The summed E-state index contributed by atoms with van der Waals surface area (Å²) in [6.45, 7) is 4.87. The smallest absolute Gasteiger partial charge is 0.132 e. The lowest BCUT2D eigenvalue weighted by Gasteiger charge is -2.13. The molecule has 0 saturated heterocycles. The Balaban J connectivity index is 2.10. The van der Waals surface area contributed by atoms with E-state index in [0.29, 0.717) is 24.5 Å². The molecule has 0 aliphatic rings. The van der Waals surface area contributed by atoms with E-state index >= 15 is 0 Å². The van der Waals surface area contributed by atoms with Crippen molar-refractivity contribution in [1.82, 2.24) is 10.3 Å². The third-order valence-electron chi connectivity index (χ3n) is 2.94. The van der Waals surface area contributed by atoms with E-state index in [-0.39, 0.29) is 6.61 Å². The first-order valence-corrected chi connectivity index (χ1v) is 7.58. The average Bonchev–Trinajstić information content (AvgIpc) is 2.82. The number of aromatic amines is 1. The minimum Gasteiger partial charge on any atom is -0.490 e. The summed E-state index contributed by atoms with van der Waals surface area (Å²) in [6, 6.07) is 7.71. The fourth-order valence-electron chi connectivity index (χ4n) is 1.97. The van der Waals surface area contributed by atoms with Crippen LogP contribution in [-0.2, 0) is 0 Å². The van der Waals surface area contributed by atoms with Crippen LogP contribution in [0.15, 0.2) is 30.9 Å². The number of rotatable bonds is 7. The third-order valence-corrected chi connectivity index (χ3v) is 4.02. The van der Waals surface area contributed by atoms with E-state index in [4.69, 9.17) is 10.00 Å². The molecule has 0 amide bonds. The summed E-state index contributed by atoms with van der Waals surface area (Å²) in [5.41, 5.74) is 1.38. The summed E-state index contributed by atoms with van der Waals surface area (Å²) in [6.07, 6.45) is 1.13. The van der Waals surface area contributed by atoms with E-state index in [1.165, 1.54) is 0 Å². The second kappa shape index (κ2) is 7.45. The molecule has 110 valence electrons. The van der Waals surface area contributed by atoms with Gasteiger partial charge >= 0.3 is 0 Å². The lowest BCUT2D eigenvalue weighted by molar-refractivity contribution is 0.108. The molecular weight excluding hydrogens is 381 g/mol. The van der Waals surface area contributed by atoms with Crippen molar-refractivity contribution in [3.05, 3.63) is 40.1 Å². The van der Waals surface area contributed by atoms with Gasteiger partial charge in [-0.2, -0.15) is 5.26 Å². The molecule has 5 nitrogen and oxygen atoms in total. The van der Waals surface area contributed by atoms with Crippen LogP contribution in [0.2, 0.25) is 0 Å². The first-order valence-electron chi connectivity index (χ1n) is 6.50. The van der Waals surface area contributed by atoms with Gasteiger partial charge in [-0.3, -0.25) is 0 Å². The molecule has 0 aliphatic carbocycles. The van der Waals surface area contributed by atoms with Gasteiger partial charge in [0.2, 0.25) is 0 Å². The SMILES string of the molecule is C=CCNCC(O)COc1cccc2[nH]c(C#N)c(I)c12. The molecule has 2 rings (SSSR count). The molecule has 0 spiro atoms. The molecule has 6 heteroatoms. The Morgan fingerprint density at radius 2 is 2.38 bits per heavy atom. The summed E-state index contributed by atoms with van der Waals surface area (Å²) in [7, 11) is 0. The standard InChI is InChI=1S/C15H16IN3O2/c1-2-6-18-8-10(20)9-21-13-5-3-4-11-14(13)15(16)12(7-17)19-11/h2-5,10,18-20H,1,6,8-9H2. The third kappa shape index (κ3) is 3.75. The van der Waals surface area contributed by atoms with Gasteiger partial charge < -0.3 is 20.1 Å². The molecule has 0 saturated carbocycles. The van der Waals surface area contributed by atoms with E-state index in [1.54, 1.807) is 6.08 Å². The molecule has 1 atom stereocenters. The maximum Gasteiger partial charge on any atom is 0.132 e. The summed E-state index contributed by atoms with van der Waals surface area (Å²) in [5, 5.41) is 22.8. The summed E-state index contributed by atoms with van der Waals surface area (Å²) >= 11 is 2.12. The van der Waals surface area contributed by atoms with Crippen LogP contribution < -0.4 is 10.1 Å². The van der Waals surface area contributed by atoms with Crippen LogP contribution in [0.25, 0.3) is 10.9 Å². The van der Waals surface area contributed by atoms with E-state index < -0.39 is 6.10 Å². The van der Waals surface area contributed by atoms with Crippen molar-refractivity contribution in [1.29, 1.82) is 5.26 Å². The molecule has 1 aromatic heterocycles. The number of aromatic nitrogens is 1. The lowest BCUT2D eigenvalue weighted by atomic mass is 10.2. The molecule has 0 bridgehead atoms. The van der Waals surface area contributed by atoms with Gasteiger partial charge in [0.15, 0.2) is 0 Å². The molecule has 0 fully saturated rings. The minimum absolute atomic E-state index is 0.187. The minimum atomic E-state index is -0.604. The monoisotopic (exact) mass is 397 g/mol. The predicted octanol–water partition coefficient (Wildman–Crippen LogP) is 2.16. The number of hydrogen-bond donors (Lipinski definition) is 3. The van der Waals surface area contributed by atoms with Gasteiger partial charge in [0.1, 0.15) is 30.2 Å². The number of nitrogens with one attached hydrogen (secondary N) is 2. The number of halogens is 1. The first kappa shape index (κ1) is 15.8. The highest BCUT2D eigenvalue weighted by molar-refractivity contribution is 14.1. The van der Waals surface area contributed by atoms with Gasteiger partial charge in [-0.25, -0.2) is 0 Å². The van der Waals surface area contributed by atoms with Crippen molar-refractivity contribution in [3.63, 3.8) is 0 Å². The number of nitrogens with zero attached hydrogens (tertiary/aromatic N) is 1. The van der Waals surface area contributed by atoms with Crippen LogP contribution in [0.1, 0.15) is 5.69 Å². The number of ether oxygens (including phenoxy) is 1. The van der Waals surface area contributed by atoms with Gasteiger partial charge in [0.05, 0.1) is 14.5 Å².